The van der Waals surface area contributed by atoms with Gasteiger partial charge in [0.25, 0.3) is 0 Å². The molecule has 1 aliphatic rings. The van der Waals surface area contributed by atoms with Gasteiger partial charge in [0.15, 0.2) is 11.6 Å². The molecule has 0 bridgehead atoms. The van der Waals surface area contributed by atoms with Gasteiger partial charge >= 0.3 is 1.43 Å². The first-order valence-corrected chi connectivity index (χ1v) is 4.64. The van der Waals surface area contributed by atoms with E-state index >= 15 is 0 Å². The summed E-state index contributed by atoms with van der Waals surface area (Å²) in [6, 6.07) is 10.3. The number of aryl methyl sites for hydroxylation is 1. The Bertz CT molecular complexity index is 367. The first-order valence-electron chi connectivity index (χ1n) is 4.64. The molecule has 1 aromatic carbocycles. The van der Waals surface area contributed by atoms with E-state index in [1.54, 1.807) is 0 Å². The molecule has 15 heavy (non-hydrogen) atoms. The van der Waals surface area contributed by atoms with Crippen LogP contribution in [-0.2, 0) is 9.59 Å². The molecule has 0 atom stereocenters. The van der Waals surface area contributed by atoms with Crippen molar-refractivity contribution in [2.45, 2.75) is 6.92 Å². The van der Waals surface area contributed by atoms with Gasteiger partial charge in [-0.3, -0.25) is 9.59 Å². The number of hydrogen-bond donors (Lipinski definition) is 0. The lowest BCUT2D eigenvalue weighted by molar-refractivity contribution is -0.113. The molecule has 0 amide bonds. The van der Waals surface area contributed by atoms with Crippen LogP contribution in [0.3, 0.4) is 0 Å². The van der Waals surface area contributed by atoms with Crippen molar-refractivity contribution in [3.05, 3.63) is 60.2 Å². The highest BCUT2D eigenvalue weighted by Crippen LogP contribution is 1.92. The van der Waals surface area contributed by atoms with Crippen LogP contribution in [-0.4, -0.2) is 11.6 Å². The molecular formula is C13H13O2+. The number of allylic oxidation sites excluding steroid dienone is 4. The Kier molecular flexibility index (Phi) is 4.23. The Morgan fingerprint density at radius 3 is 1.47 bits per heavy atom. The molecule has 0 aliphatic heterocycles. The predicted molar refractivity (Wildman–Crippen MR) is 60.6 cm³/mol. The molecule has 1 aliphatic carbocycles. The second kappa shape index (κ2) is 5.70. The highest BCUT2D eigenvalue weighted by molar-refractivity contribution is 6.14. The fourth-order valence-electron chi connectivity index (χ4n) is 0.974. The second-order valence-corrected chi connectivity index (χ2v) is 3.13. The molecule has 0 saturated heterocycles. The van der Waals surface area contributed by atoms with E-state index in [9.17, 15) is 9.59 Å². The maximum atomic E-state index is 10.3. The lowest BCUT2D eigenvalue weighted by Crippen LogP contribution is -1.97. The van der Waals surface area contributed by atoms with E-state index < -0.39 is 0 Å². The van der Waals surface area contributed by atoms with Gasteiger partial charge in [0.1, 0.15) is 0 Å². The highest BCUT2D eigenvalue weighted by Gasteiger charge is 1.97. The van der Waals surface area contributed by atoms with E-state index in [-0.39, 0.29) is 13.0 Å². The lowest BCUT2D eigenvalue weighted by atomic mass is 10.2. The molecular weight excluding hydrogens is 188 g/mol. The summed E-state index contributed by atoms with van der Waals surface area (Å²) in [5.41, 5.74) is 1.32. The summed E-state index contributed by atoms with van der Waals surface area (Å²) >= 11 is 0. The molecule has 0 N–H and O–H groups in total. The topological polar surface area (TPSA) is 34.1 Å². The molecule has 2 nitrogen and oxygen atoms in total. The second-order valence-electron chi connectivity index (χ2n) is 3.13. The fourth-order valence-corrected chi connectivity index (χ4v) is 0.974. The van der Waals surface area contributed by atoms with Crippen molar-refractivity contribution in [2.75, 3.05) is 0 Å². The van der Waals surface area contributed by atoms with Crippen LogP contribution in [0.5, 0.6) is 0 Å². The van der Waals surface area contributed by atoms with Gasteiger partial charge in [-0.1, -0.05) is 35.9 Å². The van der Waals surface area contributed by atoms with Gasteiger partial charge in [-0.25, -0.2) is 0 Å². The van der Waals surface area contributed by atoms with E-state index in [0.717, 1.165) is 0 Å². The first-order chi connectivity index (χ1) is 7.18. The Morgan fingerprint density at radius 1 is 0.800 bits per heavy atom. The summed E-state index contributed by atoms with van der Waals surface area (Å²) in [6.45, 7) is 2.08. The van der Waals surface area contributed by atoms with Crippen LogP contribution in [0, 0.1) is 6.92 Å². The Hall–Kier alpha value is -1.96. The molecule has 1 aromatic rings. The third kappa shape index (κ3) is 4.72. The van der Waals surface area contributed by atoms with E-state index in [0.29, 0.717) is 0 Å². The van der Waals surface area contributed by atoms with Gasteiger partial charge in [0, 0.05) is 0 Å². The quantitative estimate of drug-likeness (QED) is 0.604. The van der Waals surface area contributed by atoms with Crippen LogP contribution in [0.1, 0.15) is 6.99 Å². The average molecular weight is 201 g/mol. The fraction of sp³-hybridized carbons (Fsp3) is 0.0769. The molecule has 0 aromatic heterocycles. The van der Waals surface area contributed by atoms with Crippen molar-refractivity contribution in [1.29, 1.82) is 0 Å². The van der Waals surface area contributed by atoms with E-state index in [1.807, 2.05) is 18.2 Å². The van der Waals surface area contributed by atoms with Gasteiger partial charge in [-0.2, -0.15) is 0 Å². The summed E-state index contributed by atoms with van der Waals surface area (Å²) < 4.78 is 0. The summed E-state index contributed by atoms with van der Waals surface area (Å²) in [4.78, 5) is 20.6. The van der Waals surface area contributed by atoms with Crippen molar-refractivity contribution in [3.8, 4) is 0 Å². The Labute approximate surface area is 90.4 Å². The van der Waals surface area contributed by atoms with Gasteiger partial charge in [-0.05, 0) is 31.2 Å². The molecule has 0 heterocycles. The smallest absolute Gasteiger partial charge is 0.290 e. The van der Waals surface area contributed by atoms with E-state index in [1.165, 1.54) is 29.9 Å². The number of carbonyl (C=O) groups excluding carboxylic acids is 2. The third-order valence-corrected chi connectivity index (χ3v) is 1.76. The average Bonchev–Trinajstić information content (AvgIpc) is 2.25. The lowest BCUT2D eigenvalue weighted by Gasteiger charge is -1.87. The van der Waals surface area contributed by atoms with Gasteiger partial charge in [0.05, 0.1) is 0 Å². The molecule has 0 spiro atoms. The number of rotatable bonds is 0. The molecule has 0 unspecified atom stereocenters. The van der Waals surface area contributed by atoms with Crippen molar-refractivity contribution < 1.29 is 11.0 Å². The minimum absolute atomic E-state index is 0. The van der Waals surface area contributed by atoms with Crippen molar-refractivity contribution in [2.24, 2.45) is 0 Å². The van der Waals surface area contributed by atoms with Crippen molar-refractivity contribution in [1.82, 2.24) is 0 Å². The number of benzene rings is 1. The minimum atomic E-state index is -0.121. The Balaban J connectivity index is 0.000000267. The van der Waals surface area contributed by atoms with Crippen LogP contribution < -0.4 is 0 Å². The third-order valence-electron chi connectivity index (χ3n) is 1.76. The monoisotopic (exact) mass is 201 g/mol. The highest BCUT2D eigenvalue weighted by atomic mass is 16.1. The molecule has 0 fully saturated rings. The molecule has 0 saturated carbocycles. The zero-order valence-corrected chi connectivity index (χ0v) is 8.51. The SMILES string of the molecule is Cc1ccccc1.O=C1C=CC(=O)C=C1.[H+]. The minimum Gasteiger partial charge on any atom is -0.290 e. The number of hydrogen-bond acceptors (Lipinski definition) is 2. The number of carbonyl (C=O) groups is 2. The zero-order valence-electron chi connectivity index (χ0n) is 9.51. The summed E-state index contributed by atoms with van der Waals surface area (Å²) in [6.07, 6.45) is 5.01. The summed E-state index contributed by atoms with van der Waals surface area (Å²) in [5.74, 6) is -0.241. The largest absolute Gasteiger partial charge is 1.00 e. The van der Waals surface area contributed by atoms with Crippen LogP contribution >= 0.6 is 0 Å². The summed E-state index contributed by atoms with van der Waals surface area (Å²) in [5, 5.41) is 0. The van der Waals surface area contributed by atoms with Crippen LogP contribution in [0.25, 0.3) is 0 Å². The van der Waals surface area contributed by atoms with Gasteiger partial charge in [0.2, 0.25) is 0 Å². The van der Waals surface area contributed by atoms with Crippen LogP contribution in [0.15, 0.2) is 54.6 Å². The molecule has 2 heteroatoms. The summed E-state index contributed by atoms with van der Waals surface area (Å²) in [7, 11) is 0. The number of ketones is 2. The maximum Gasteiger partial charge on any atom is 1.00 e. The van der Waals surface area contributed by atoms with Gasteiger partial charge in [-0.15, -0.1) is 0 Å². The van der Waals surface area contributed by atoms with Crippen LogP contribution in [0.2, 0.25) is 0 Å². The zero-order chi connectivity index (χ0) is 11.1. The normalized spacial score (nSPS) is 13.4. The maximum absolute atomic E-state index is 10.3. The van der Waals surface area contributed by atoms with E-state index in [2.05, 4.69) is 19.1 Å². The predicted octanol–water partition coefficient (Wildman–Crippen LogP) is 2.36. The van der Waals surface area contributed by atoms with Crippen molar-refractivity contribution in [3.63, 3.8) is 0 Å². The van der Waals surface area contributed by atoms with E-state index in [4.69, 9.17) is 0 Å². The van der Waals surface area contributed by atoms with Crippen LogP contribution in [0.4, 0.5) is 0 Å². The Morgan fingerprint density at radius 2 is 1.20 bits per heavy atom. The molecule has 2 rings (SSSR count). The molecule has 76 valence electrons. The first kappa shape index (κ1) is 11.1. The van der Waals surface area contributed by atoms with Crippen molar-refractivity contribution >= 4 is 11.6 Å². The van der Waals surface area contributed by atoms with Gasteiger partial charge < -0.3 is 0 Å². The standard InChI is InChI=1S/C7H8.C6H4O2/c1-7-5-3-2-4-6-7;7-5-1-2-6(8)4-3-5/h2-6H,1H3;1-4H/p+1. The molecule has 0 radical (unpaired) electrons.